The summed E-state index contributed by atoms with van der Waals surface area (Å²) in [6.07, 6.45) is 9.06. The first-order valence-electron chi connectivity index (χ1n) is 10.6. The van der Waals surface area contributed by atoms with E-state index in [1.165, 1.54) is 38.5 Å². The monoisotopic (exact) mass is 387 g/mol. The highest BCUT2D eigenvalue weighted by atomic mass is 16.5. The van der Waals surface area contributed by atoms with Crippen LogP contribution in [0.2, 0.25) is 0 Å². The van der Waals surface area contributed by atoms with Crippen LogP contribution in [0, 0.1) is 0 Å². The van der Waals surface area contributed by atoms with Gasteiger partial charge in [0.05, 0.1) is 13.7 Å². The molecular formula is C22H37N5O. The third-order valence-electron chi connectivity index (χ3n) is 4.71. The average molecular weight is 388 g/mol. The molecule has 0 amide bonds. The Labute approximate surface area is 170 Å². The first kappa shape index (κ1) is 22.1. The molecule has 0 bridgehead atoms. The van der Waals surface area contributed by atoms with Gasteiger partial charge >= 0.3 is 0 Å². The van der Waals surface area contributed by atoms with Crippen LogP contribution in [-0.2, 0) is 6.54 Å². The van der Waals surface area contributed by atoms with Crippen LogP contribution >= 0.6 is 0 Å². The second kappa shape index (κ2) is 11.6. The van der Waals surface area contributed by atoms with E-state index in [1.807, 2.05) is 24.3 Å². The molecule has 0 spiro atoms. The van der Waals surface area contributed by atoms with E-state index < -0.39 is 0 Å². The summed E-state index contributed by atoms with van der Waals surface area (Å²) in [6.45, 7) is 7.86. The third-order valence-corrected chi connectivity index (χ3v) is 4.71. The summed E-state index contributed by atoms with van der Waals surface area (Å²) < 4.78 is 5.20. The van der Waals surface area contributed by atoms with E-state index in [9.17, 15) is 0 Å². The van der Waals surface area contributed by atoms with E-state index in [0.29, 0.717) is 6.54 Å². The highest BCUT2D eigenvalue weighted by molar-refractivity contribution is 6.01. The van der Waals surface area contributed by atoms with Gasteiger partial charge in [-0.3, -0.25) is 10.3 Å². The zero-order valence-corrected chi connectivity index (χ0v) is 18.0. The topological polar surface area (TPSA) is 70.0 Å². The molecule has 1 fully saturated rings. The summed E-state index contributed by atoms with van der Waals surface area (Å²) in [5.74, 6) is 2.40. The van der Waals surface area contributed by atoms with Gasteiger partial charge in [-0.2, -0.15) is 0 Å². The molecule has 1 aromatic carbocycles. The average Bonchev–Trinajstić information content (AvgIpc) is 2.67. The molecule has 6 nitrogen and oxygen atoms in total. The lowest BCUT2D eigenvalue weighted by molar-refractivity contribution is 0.403. The highest BCUT2D eigenvalue weighted by Crippen LogP contribution is 2.12. The number of guanidine groups is 2. The van der Waals surface area contributed by atoms with Crippen LogP contribution in [-0.4, -0.2) is 31.2 Å². The number of unbranched alkanes of at least 4 members (excludes halogenated alkanes) is 6. The second-order valence-corrected chi connectivity index (χ2v) is 7.86. The minimum absolute atomic E-state index is 0.289. The minimum atomic E-state index is -0.289. The Morgan fingerprint density at radius 2 is 1.46 bits per heavy atom. The Morgan fingerprint density at radius 1 is 0.857 bits per heavy atom. The van der Waals surface area contributed by atoms with E-state index in [4.69, 9.17) is 9.73 Å². The van der Waals surface area contributed by atoms with E-state index in [-0.39, 0.29) is 5.66 Å². The fourth-order valence-electron chi connectivity index (χ4n) is 3.12. The fraction of sp³-hybridized carbons (Fsp3) is 0.636. The van der Waals surface area contributed by atoms with Gasteiger partial charge in [0.25, 0.3) is 0 Å². The predicted octanol–water partition coefficient (Wildman–Crippen LogP) is 4.18. The van der Waals surface area contributed by atoms with Crippen molar-refractivity contribution in [2.45, 2.75) is 77.9 Å². The lowest BCUT2D eigenvalue weighted by Gasteiger charge is -2.36. The SMILES string of the molecule is CCCCCCCCCN=C1NC(=NCc2ccc(OC)cc2)NC(C)(C)N1. The Kier molecular flexibility index (Phi) is 9.11. The molecular weight excluding hydrogens is 350 g/mol. The van der Waals surface area contributed by atoms with Crippen LogP contribution in [0.3, 0.4) is 0 Å². The van der Waals surface area contributed by atoms with Gasteiger partial charge in [-0.15, -0.1) is 0 Å². The van der Waals surface area contributed by atoms with Crippen LogP contribution in [0.4, 0.5) is 0 Å². The zero-order valence-electron chi connectivity index (χ0n) is 18.0. The quantitative estimate of drug-likeness (QED) is 0.498. The molecule has 0 radical (unpaired) electrons. The molecule has 3 N–H and O–H groups in total. The van der Waals surface area contributed by atoms with Crippen LogP contribution < -0.4 is 20.7 Å². The Balaban J connectivity index is 1.82. The minimum Gasteiger partial charge on any atom is -0.497 e. The van der Waals surface area contributed by atoms with Crippen molar-refractivity contribution >= 4 is 11.9 Å². The Bertz CT molecular complexity index is 637. The number of hydrogen-bond acceptors (Lipinski definition) is 3. The van der Waals surface area contributed by atoms with Crippen LogP contribution in [0.15, 0.2) is 34.3 Å². The van der Waals surface area contributed by atoms with Crippen LogP contribution in [0.1, 0.15) is 71.3 Å². The lowest BCUT2D eigenvalue weighted by atomic mass is 10.1. The van der Waals surface area contributed by atoms with Gasteiger partial charge in [0, 0.05) is 6.54 Å². The molecule has 1 aliphatic rings. The molecule has 0 saturated carbocycles. The summed E-state index contributed by atoms with van der Waals surface area (Å²) in [7, 11) is 1.67. The lowest BCUT2D eigenvalue weighted by Crippen LogP contribution is -2.68. The van der Waals surface area contributed by atoms with E-state index >= 15 is 0 Å². The first-order chi connectivity index (χ1) is 13.5. The van der Waals surface area contributed by atoms with Crippen LogP contribution in [0.5, 0.6) is 5.75 Å². The smallest absolute Gasteiger partial charge is 0.200 e. The van der Waals surface area contributed by atoms with Gasteiger partial charge < -0.3 is 15.4 Å². The molecule has 0 unspecified atom stereocenters. The number of nitrogens with zero attached hydrogens (tertiary/aromatic N) is 2. The Morgan fingerprint density at radius 3 is 2.11 bits per heavy atom. The number of hydrogen-bond donors (Lipinski definition) is 3. The molecule has 0 aromatic heterocycles. The maximum absolute atomic E-state index is 5.20. The van der Waals surface area contributed by atoms with Crippen molar-refractivity contribution < 1.29 is 4.74 Å². The second-order valence-electron chi connectivity index (χ2n) is 7.86. The summed E-state index contributed by atoms with van der Waals surface area (Å²) >= 11 is 0. The summed E-state index contributed by atoms with van der Waals surface area (Å²) in [6, 6.07) is 7.98. The molecule has 2 rings (SSSR count). The number of aliphatic imine (C=N–C) groups is 2. The van der Waals surface area contributed by atoms with Crippen molar-refractivity contribution in [1.82, 2.24) is 16.0 Å². The molecule has 1 aromatic rings. The molecule has 0 atom stereocenters. The number of rotatable bonds is 11. The standard InChI is InChI=1S/C22H37N5O/c1-5-6-7-8-9-10-11-16-23-20-25-21(27-22(2,3)26-20)24-17-18-12-14-19(28-4)15-13-18/h12-15H,5-11,16-17H2,1-4H3,(H3,23,24,25,26,27). The molecule has 28 heavy (non-hydrogen) atoms. The number of nitrogens with one attached hydrogen (secondary N) is 3. The Hall–Kier alpha value is -2.24. The van der Waals surface area contributed by atoms with Crippen molar-refractivity contribution in [3.8, 4) is 5.75 Å². The van der Waals surface area contributed by atoms with E-state index in [1.54, 1.807) is 7.11 Å². The maximum Gasteiger partial charge on any atom is 0.200 e. The van der Waals surface area contributed by atoms with Crippen molar-refractivity contribution in [3.63, 3.8) is 0 Å². The van der Waals surface area contributed by atoms with Gasteiger partial charge in [0.2, 0.25) is 0 Å². The molecule has 1 heterocycles. The van der Waals surface area contributed by atoms with Crippen molar-refractivity contribution in [2.24, 2.45) is 9.98 Å². The van der Waals surface area contributed by atoms with E-state index in [0.717, 1.165) is 36.2 Å². The zero-order chi connectivity index (χ0) is 20.2. The molecule has 6 heteroatoms. The normalized spacial score (nSPS) is 18.4. The molecule has 1 saturated heterocycles. The van der Waals surface area contributed by atoms with E-state index in [2.05, 4.69) is 41.7 Å². The van der Waals surface area contributed by atoms with Gasteiger partial charge in [-0.1, -0.05) is 57.6 Å². The largest absolute Gasteiger partial charge is 0.497 e. The first-order valence-corrected chi connectivity index (χ1v) is 10.6. The number of benzene rings is 1. The fourth-order valence-corrected chi connectivity index (χ4v) is 3.12. The van der Waals surface area contributed by atoms with Crippen LogP contribution in [0.25, 0.3) is 0 Å². The number of ether oxygens (including phenoxy) is 1. The summed E-state index contributed by atoms with van der Waals surface area (Å²) in [4.78, 5) is 9.37. The molecule has 0 aliphatic carbocycles. The van der Waals surface area contributed by atoms with Crippen molar-refractivity contribution in [3.05, 3.63) is 29.8 Å². The molecule has 1 aliphatic heterocycles. The molecule has 156 valence electrons. The maximum atomic E-state index is 5.20. The number of methoxy groups -OCH3 is 1. The van der Waals surface area contributed by atoms with Gasteiger partial charge in [0.15, 0.2) is 11.9 Å². The summed E-state index contributed by atoms with van der Waals surface area (Å²) in [5, 5.41) is 10.0. The van der Waals surface area contributed by atoms with Gasteiger partial charge in [0.1, 0.15) is 11.4 Å². The van der Waals surface area contributed by atoms with Crippen molar-refractivity contribution in [1.29, 1.82) is 0 Å². The van der Waals surface area contributed by atoms with Gasteiger partial charge in [-0.25, -0.2) is 4.99 Å². The third kappa shape index (κ3) is 8.19. The predicted molar refractivity (Wildman–Crippen MR) is 118 cm³/mol. The van der Waals surface area contributed by atoms with Crippen molar-refractivity contribution in [2.75, 3.05) is 13.7 Å². The highest BCUT2D eigenvalue weighted by Gasteiger charge is 2.26. The summed E-state index contributed by atoms with van der Waals surface area (Å²) in [5.41, 5.74) is 0.845. The van der Waals surface area contributed by atoms with Gasteiger partial charge in [-0.05, 0) is 38.0 Å².